The largest absolute Gasteiger partial charge is 0.322 e. The summed E-state index contributed by atoms with van der Waals surface area (Å²) in [5.74, 6) is -0.366. The van der Waals surface area contributed by atoms with Gasteiger partial charge in [0, 0.05) is 11.3 Å². The Morgan fingerprint density at radius 1 is 0.821 bits per heavy atom. The lowest BCUT2D eigenvalue weighted by molar-refractivity contribution is 0.102. The fraction of sp³-hybridized carbons (Fsp3) is 0.136. The van der Waals surface area contributed by atoms with Crippen molar-refractivity contribution in [1.82, 2.24) is 0 Å². The minimum absolute atomic E-state index is 0.0779. The number of rotatable bonds is 5. The summed E-state index contributed by atoms with van der Waals surface area (Å²) in [6.45, 7) is 5.49. The van der Waals surface area contributed by atoms with E-state index in [0.29, 0.717) is 16.9 Å². The van der Waals surface area contributed by atoms with Crippen LogP contribution in [-0.2, 0) is 10.0 Å². The Morgan fingerprint density at radius 2 is 1.54 bits per heavy atom. The van der Waals surface area contributed by atoms with Crippen molar-refractivity contribution in [2.24, 2.45) is 0 Å². The summed E-state index contributed by atoms with van der Waals surface area (Å²) in [4.78, 5) is 12.6. The van der Waals surface area contributed by atoms with Crippen molar-refractivity contribution in [2.45, 2.75) is 25.7 Å². The van der Waals surface area contributed by atoms with Crippen molar-refractivity contribution < 1.29 is 13.2 Å². The van der Waals surface area contributed by atoms with Gasteiger partial charge in [-0.05, 0) is 67.8 Å². The number of amides is 1. The summed E-state index contributed by atoms with van der Waals surface area (Å²) in [6, 6.07) is 19.1. The van der Waals surface area contributed by atoms with Crippen LogP contribution in [0.4, 0.5) is 11.4 Å². The second-order valence-electron chi connectivity index (χ2n) is 6.65. The summed E-state index contributed by atoms with van der Waals surface area (Å²) in [5, 5.41) is 2.77. The first kappa shape index (κ1) is 19.6. The fourth-order valence-electron chi connectivity index (χ4n) is 2.82. The number of carbonyl (C=O) groups is 1. The molecule has 0 heterocycles. The molecule has 28 heavy (non-hydrogen) atoms. The number of sulfonamides is 1. The number of hydrogen-bond acceptors (Lipinski definition) is 3. The highest BCUT2D eigenvalue weighted by Gasteiger charge is 2.20. The van der Waals surface area contributed by atoms with E-state index in [1.165, 1.54) is 6.07 Å². The molecule has 0 aromatic heterocycles. The molecule has 3 aromatic rings. The molecule has 0 aliphatic carbocycles. The number of nitrogens with one attached hydrogen (secondary N) is 2. The summed E-state index contributed by atoms with van der Waals surface area (Å²) in [7, 11) is -3.84. The highest BCUT2D eigenvalue weighted by molar-refractivity contribution is 7.92. The van der Waals surface area contributed by atoms with Crippen LogP contribution in [0.1, 0.15) is 27.0 Å². The molecule has 0 aliphatic heterocycles. The quantitative estimate of drug-likeness (QED) is 0.661. The Kier molecular flexibility index (Phi) is 5.51. The minimum Gasteiger partial charge on any atom is -0.322 e. The van der Waals surface area contributed by atoms with Gasteiger partial charge in [0.25, 0.3) is 15.9 Å². The predicted molar refractivity (Wildman–Crippen MR) is 112 cm³/mol. The number of carbonyl (C=O) groups excluding carboxylic acids is 1. The van der Waals surface area contributed by atoms with Gasteiger partial charge in [0.05, 0.1) is 10.6 Å². The SMILES string of the molecule is Cc1ccc(C(=O)Nc2ccccc2)cc1S(=O)(=O)Nc1cccc(C)c1C. The number of anilines is 2. The fourth-order valence-corrected chi connectivity index (χ4v) is 4.21. The molecular weight excluding hydrogens is 372 g/mol. The molecule has 144 valence electrons. The molecule has 3 aromatic carbocycles. The molecule has 0 saturated heterocycles. The maximum absolute atomic E-state index is 13.0. The zero-order chi connectivity index (χ0) is 20.3. The van der Waals surface area contributed by atoms with E-state index in [4.69, 9.17) is 0 Å². The number of para-hydroxylation sites is 1. The van der Waals surface area contributed by atoms with Gasteiger partial charge in [-0.2, -0.15) is 0 Å². The van der Waals surface area contributed by atoms with Crippen LogP contribution < -0.4 is 10.0 Å². The van der Waals surface area contributed by atoms with Gasteiger partial charge in [-0.3, -0.25) is 9.52 Å². The third-order valence-corrected chi connectivity index (χ3v) is 6.13. The average molecular weight is 394 g/mol. The lowest BCUT2D eigenvalue weighted by Gasteiger charge is -2.14. The highest BCUT2D eigenvalue weighted by atomic mass is 32.2. The molecule has 1 amide bonds. The van der Waals surface area contributed by atoms with E-state index in [2.05, 4.69) is 10.0 Å². The van der Waals surface area contributed by atoms with Crippen molar-refractivity contribution in [3.63, 3.8) is 0 Å². The van der Waals surface area contributed by atoms with Gasteiger partial charge in [-0.15, -0.1) is 0 Å². The first-order valence-corrected chi connectivity index (χ1v) is 10.3. The minimum atomic E-state index is -3.84. The van der Waals surface area contributed by atoms with E-state index >= 15 is 0 Å². The molecule has 0 aliphatic rings. The molecule has 0 atom stereocenters. The van der Waals surface area contributed by atoms with Gasteiger partial charge in [0.15, 0.2) is 0 Å². The first-order valence-electron chi connectivity index (χ1n) is 8.84. The van der Waals surface area contributed by atoms with E-state index in [-0.39, 0.29) is 16.4 Å². The van der Waals surface area contributed by atoms with Crippen molar-refractivity contribution in [1.29, 1.82) is 0 Å². The molecule has 6 heteroatoms. The zero-order valence-corrected chi connectivity index (χ0v) is 16.8. The van der Waals surface area contributed by atoms with Gasteiger partial charge in [-0.25, -0.2) is 8.42 Å². The monoisotopic (exact) mass is 394 g/mol. The number of hydrogen-bond donors (Lipinski definition) is 2. The van der Waals surface area contributed by atoms with Gasteiger partial charge in [-0.1, -0.05) is 36.4 Å². The van der Waals surface area contributed by atoms with Gasteiger partial charge in [0.2, 0.25) is 0 Å². The van der Waals surface area contributed by atoms with Gasteiger partial charge in [0.1, 0.15) is 0 Å². The maximum Gasteiger partial charge on any atom is 0.262 e. The maximum atomic E-state index is 13.0. The van der Waals surface area contributed by atoms with Crippen molar-refractivity contribution in [3.8, 4) is 0 Å². The molecule has 0 fully saturated rings. The zero-order valence-electron chi connectivity index (χ0n) is 16.0. The summed E-state index contributed by atoms with van der Waals surface area (Å²) in [5.41, 5.74) is 3.86. The predicted octanol–water partition coefficient (Wildman–Crippen LogP) is 4.66. The van der Waals surface area contributed by atoms with E-state index < -0.39 is 10.0 Å². The Balaban J connectivity index is 1.92. The van der Waals surface area contributed by atoms with Crippen LogP contribution in [0.2, 0.25) is 0 Å². The third-order valence-electron chi connectivity index (χ3n) is 4.62. The van der Waals surface area contributed by atoms with Crippen LogP contribution in [0.15, 0.2) is 71.6 Å². The van der Waals surface area contributed by atoms with E-state index in [0.717, 1.165) is 11.1 Å². The molecule has 0 spiro atoms. The Hall–Kier alpha value is -3.12. The van der Waals surface area contributed by atoms with E-state index in [9.17, 15) is 13.2 Å². The summed E-state index contributed by atoms with van der Waals surface area (Å²) in [6.07, 6.45) is 0. The standard InChI is InChI=1S/C22H22N2O3S/c1-15-8-7-11-20(17(15)3)24-28(26,27)21-14-18(13-12-16(21)2)22(25)23-19-9-5-4-6-10-19/h4-14,24H,1-3H3,(H,23,25). The van der Waals surface area contributed by atoms with Crippen LogP contribution in [0, 0.1) is 20.8 Å². The van der Waals surface area contributed by atoms with Crippen LogP contribution in [0.3, 0.4) is 0 Å². The second-order valence-corrected chi connectivity index (χ2v) is 8.30. The van der Waals surface area contributed by atoms with Crippen LogP contribution in [0.25, 0.3) is 0 Å². The topological polar surface area (TPSA) is 75.3 Å². The Bertz CT molecular complexity index is 1120. The molecule has 2 N–H and O–H groups in total. The molecule has 0 saturated carbocycles. The van der Waals surface area contributed by atoms with Crippen molar-refractivity contribution >= 4 is 27.3 Å². The van der Waals surface area contributed by atoms with Crippen LogP contribution >= 0.6 is 0 Å². The van der Waals surface area contributed by atoms with E-state index in [1.807, 2.05) is 38.1 Å². The van der Waals surface area contributed by atoms with Crippen LogP contribution in [-0.4, -0.2) is 14.3 Å². The molecule has 0 bridgehead atoms. The number of aryl methyl sites for hydroxylation is 2. The average Bonchev–Trinajstić information content (AvgIpc) is 2.66. The van der Waals surface area contributed by atoms with E-state index in [1.54, 1.807) is 43.3 Å². The highest BCUT2D eigenvalue weighted by Crippen LogP contribution is 2.24. The summed E-state index contributed by atoms with van der Waals surface area (Å²) < 4.78 is 28.6. The smallest absolute Gasteiger partial charge is 0.262 e. The van der Waals surface area contributed by atoms with Crippen molar-refractivity contribution in [2.75, 3.05) is 10.0 Å². The lowest BCUT2D eigenvalue weighted by atomic mass is 10.1. The van der Waals surface area contributed by atoms with Gasteiger partial charge < -0.3 is 5.32 Å². The number of benzene rings is 3. The van der Waals surface area contributed by atoms with Crippen LogP contribution in [0.5, 0.6) is 0 Å². The lowest BCUT2D eigenvalue weighted by Crippen LogP contribution is -2.17. The van der Waals surface area contributed by atoms with Crippen molar-refractivity contribution in [3.05, 3.63) is 89.0 Å². The molecule has 0 unspecified atom stereocenters. The molecular formula is C22H22N2O3S. The molecule has 5 nitrogen and oxygen atoms in total. The third kappa shape index (κ3) is 4.23. The van der Waals surface area contributed by atoms with Gasteiger partial charge >= 0.3 is 0 Å². The first-order chi connectivity index (χ1) is 13.3. The molecule has 0 radical (unpaired) electrons. The second kappa shape index (κ2) is 7.86. The normalized spacial score (nSPS) is 11.1. The Morgan fingerprint density at radius 3 is 2.25 bits per heavy atom. The molecule has 3 rings (SSSR count). The summed E-state index contributed by atoms with van der Waals surface area (Å²) >= 11 is 0. The Labute approximate surface area is 165 Å².